The Bertz CT molecular complexity index is 981. The molecule has 306 valence electrons. The van der Waals surface area contributed by atoms with Crippen LogP contribution in [0.5, 0.6) is 0 Å². The molecular formula is C33H68O15Si4. The molecule has 1 aromatic rings. The van der Waals surface area contributed by atoms with Gasteiger partial charge in [0.05, 0.1) is 25.4 Å². The Balaban J connectivity index is 0.000000356. The number of benzene rings is 1. The normalized spacial score (nSPS) is 21.0. The van der Waals surface area contributed by atoms with E-state index in [2.05, 4.69) is 0 Å². The van der Waals surface area contributed by atoms with E-state index < -0.39 is 35.2 Å². The lowest BCUT2D eigenvalue weighted by molar-refractivity contribution is 0.100. The summed E-state index contributed by atoms with van der Waals surface area (Å²) in [7, 11) is 9.96. The molecule has 3 fully saturated rings. The van der Waals surface area contributed by atoms with Gasteiger partial charge in [0.25, 0.3) is 0 Å². The van der Waals surface area contributed by atoms with Crippen LogP contribution in [0.4, 0.5) is 0 Å². The highest BCUT2D eigenvalue weighted by molar-refractivity contribution is 6.75. The fourth-order valence-electron chi connectivity index (χ4n) is 5.51. The zero-order chi connectivity index (χ0) is 39.1. The average molecular weight is 817 g/mol. The van der Waals surface area contributed by atoms with Gasteiger partial charge >= 0.3 is 35.2 Å². The highest BCUT2D eigenvalue weighted by Crippen LogP contribution is 2.41. The number of fused-ring (bicyclic) bond motifs is 1. The topological polar surface area (TPSA) is 145 Å². The summed E-state index contributed by atoms with van der Waals surface area (Å²) >= 11 is 0. The first-order valence-corrected chi connectivity index (χ1v) is 25.3. The van der Waals surface area contributed by atoms with Gasteiger partial charge in [-0.3, -0.25) is 0 Å². The Morgan fingerprint density at radius 3 is 1.52 bits per heavy atom. The molecule has 4 rings (SSSR count). The molecule has 4 unspecified atom stereocenters. The number of epoxide rings is 2. The van der Waals surface area contributed by atoms with E-state index >= 15 is 0 Å². The molecule has 1 aliphatic carbocycles. The van der Waals surface area contributed by atoms with E-state index in [1.165, 1.54) is 19.3 Å². The Morgan fingerprint density at radius 2 is 1.12 bits per heavy atom. The molecule has 2 heterocycles. The summed E-state index contributed by atoms with van der Waals surface area (Å²) in [6.07, 6.45) is 7.22. The number of hydrogen-bond donors (Lipinski definition) is 0. The smallest absolute Gasteiger partial charge is 0.379 e. The Labute approximate surface area is 317 Å². The van der Waals surface area contributed by atoms with Gasteiger partial charge in [0.15, 0.2) is 0 Å². The fourth-order valence-corrected chi connectivity index (χ4v) is 11.4. The summed E-state index contributed by atoms with van der Waals surface area (Å²) < 4.78 is 78.9. The van der Waals surface area contributed by atoms with Gasteiger partial charge in [-0.05, 0) is 38.0 Å². The zero-order valence-electron chi connectivity index (χ0n) is 33.9. The van der Waals surface area contributed by atoms with Gasteiger partial charge in [-0.25, -0.2) is 0 Å². The van der Waals surface area contributed by atoms with E-state index in [0.29, 0.717) is 31.5 Å². The average Bonchev–Trinajstić information content (AvgIpc) is 4.16. The molecule has 3 aliphatic rings. The maximum absolute atomic E-state index is 5.54. The highest BCUT2D eigenvalue weighted by Gasteiger charge is 2.45. The highest BCUT2D eigenvalue weighted by atomic mass is 28.4. The maximum atomic E-state index is 5.54. The second-order valence-corrected chi connectivity index (χ2v) is 24.2. The minimum atomic E-state index is -2.59. The lowest BCUT2D eigenvalue weighted by Crippen LogP contribution is -2.54. The van der Waals surface area contributed by atoms with E-state index in [-0.39, 0.29) is 0 Å². The third-order valence-electron chi connectivity index (χ3n) is 9.36. The van der Waals surface area contributed by atoms with Gasteiger partial charge in [-0.2, -0.15) is 0 Å². The molecule has 2 aliphatic heterocycles. The van der Waals surface area contributed by atoms with Crippen LogP contribution < -0.4 is 5.19 Å². The van der Waals surface area contributed by atoms with Crippen LogP contribution in [0.25, 0.3) is 0 Å². The summed E-state index contributed by atoms with van der Waals surface area (Å²) in [6, 6.07) is 11.4. The van der Waals surface area contributed by atoms with Crippen molar-refractivity contribution in [2.24, 2.45) is 5.92 Å². The quantitative estimate of drug-likeness (QED) is 0.0951. The van der Waals surface area contributed by atoms with Crippen molar-refractivity contribution in [1.29, 1.82) is 0 Å². The van der Waals surface area contributed by atoms with Crippen LogP contribution in [-0.4, -0.2) is 159 Å². The Kier molecular flexibility index (Phi) is 25.1. The van der Waals surface area contributed by atoms with Crippen LogP contribution in [0.3, 0.4) is 0 Å². The summed E-state index contributed by atoms with van der Waals surface area (Å²) in [5.74, 6) is 0.760. The predicted octanol–water partition coefficient (Wildman–Crippen LogP) is 3.76. The van der Waals surface area contributed by atoms with Crippen LogP contribution in [0.1, 0.15) is 32.1 Å². The lowest BCUT2D eigenvalue weighted by Gasteiger charge is -2.27. The third kappa shape index (κ3) is 17.1. The van der Waals surface area contributed by atoms with Gasteiger partial charge in [0.2, 0.25) is 0 Å². The molecular weight excluding hydrogens is 749 g/mol. The molecule has 4 atom stereocenters. The van der Waals surface area contributed by atoms with Crippen molar-refractivity contribution in [2.75, 3.05) is 105 Å². The number of rotatable bonds is 22. The fraction of sp³-hybridized carbons (Fsp3) is 0.818. The molecule has 2 saturated heterocycles. The molecule has 0 radical (unpaired) electrons. The van der Waals surface area contributed by atoms with Crippen molar-refractivity contribution >= 4 is 40.4 Å². The van der Waals surface area contributed by atoms with E-state index in [1.807, 2.05) is 36.9 Å². The van der Waals surface area contributed by atoms with Crippen molar-refractivity contribution in [3.8, 4) is 0 Å². The van der Waals surface area contributed by atoms with Gasteiger partial charge in [-0.15, -0.1) is 0 Å². The molecule has 0 N–H and O–H groups in total. The monoisotopic (exact) mass is 816 g/mol. The second-order valence-electron chi connectivity index (χ2n) is 12.2. The molecule has 19 heteroatoms. The van der Waals surface area contributed by atoms with Gasteiger partial charge in [0.1, 0.15) is 6.10 Å². The van der Waals surface area contributed by atoms with Crippen molar-refractivity contribution in [3.63, 3.8) is 0 Å². The van der Waals surface area contributed by atoms with Gasteiger partial charge < -0.3 is 67.3 Å². The molecule has 52 heavy (non-hydrogen) atoms. The molecule has 15 nitrogen and oxygen atoms in total. The van der Waals surface area contributed by atoms with Gasteiger partial charge in [0, 0.05) is 116 Å². The summed E-state index contributed by atoms with van der Waals surface area (Å²) in [4.78, 5) is 0. The first kappa shape index (κ1) is 49.5. The summed E-state index contributed by atoms with van der Waals surface area (Å²) in [5.41, 5.74) is 0. The number of hydrogen-bond acceptors (Lipinski definition) is 15. The molecule has 1 aromatic carbocycles. The van der Waals surface area contributed by atoms with Crippen LogP contribution in [0.15, 0.2) is 30.3 Å². The first-order valence-electron chi connectivity index (χ1n) is 17.5. The number of ether oxygens (including phenoxy) is 3. The second kappa shape index (κ2) is 26.4. The van der Waals surface area contributed by atoms with Crippen LogP contribution >= 0.6 is 0 Å². The molecule has 0 aromatic heterocycles. The van der Waals surface area contributed by atoms with E-state index in [9.17, 15) is 0 Å². The van der Waals surface area contributed by atoms with Gasteiger partial charge in [-0.1, -0.05) is 30.3 Å². The maximum Gasteiger partial charge on any atom is 0.536 e. The third-order valence-corrected chi connectivity index (χ3v) is 19.8. The lowest BCUT2D eigenvalue weighted by atomic mass is 9.88. The van der Waals surface area contributed by atoms with Crippen molar-refractivity contribution in [1.82, 2.24) is 0 Å². The Hall–Kier alpha value is -0.512. The largest absolute Gasteiger partial charge is 0.536 e. The van der Waals surface area contributed by atoms with Crippen LogP contribution in [-0.2, 0) is 67.3 Å². The first-order chi connectivity index (χ1) is 25.0. The van der Waals surface area contributed by atoms with Crippen molar-refractivity contribution < 1.29 is 67.3 Å². The standard InChI is InChI=1S/C11H22O4Si.C9H20O5Si.C9H14O3Si.C4H12O3Si/c1-12-16(13-2,14-3)7-6-9-4-5-10-11(8-9)15-10;1-10-15(11-2,12-3)6-4-5-13-7-9-8-14-9;1-10-13(11-2,12-3)9-7-5-4-6-8-9;1-5-8(4,6-2)7-3/h9-11H,4-8H2,1-3H3;9H,4-8H2,1-3H3;4-8H,1-3H3;1-4H3. The minimum absolute atomic E-state index is 0.333. The van der Waals surface area contributed by atoms with Crippen LogP contribution in [0, 0.1) is 5.92 Å². The van der Waals surface area contributed by atoms with Crippen LogP contribution in [0.2, 0.25) is 18.6 Å². The SMILES string of the molecule is CO[Si](C)(OC)OC.CO[Si](CCC1CCC2OC2C1)(OC)OC.CO[Si](CCCOCC1CO1)(OC)OC.CO[Si](OC)(OC)c1ccccc1. The molecule has 0 amide bonds. The van der Waals surface area contributed by atoms with E-state index in [4.69, 9.17) is 67.3 Å². The summed E-state index contributed by atoms with van der Waals surface area (Å²) in [6.45, 7) is 4.06. The molecule has 0 spiro atoms. The predicted molar refractivity (Wildman–Crippen MR) is 204 cm³/mol. The Morgan fingerprint density at radius 1 is 0.615 bits per heavy atom. The minimum Gasteiger partial charge on any atom is -0.379 e. The van der Waals surface area contributed by atoms with E-state index in [1.54, 1.807) is 85.3 Å². The van der Waals surface area contributed by atoms with E-state index in [0.717, 1.165) is 42.6 Å². The van der Waals surface area contributed by atoms with Crippen molar-refractivity contribution in [3.05, 3.63) is 30.3 Å². The molecule has 1 saturated carbocycles. The zero-order valence-corrected chi connectivity index (χ0v) is 37.9. The molecule has 0 bridgehead atoms. The van der Waals surface area contributed by atoms with Crippen molar-refractivity contribution in [2.45, 2.75) is 69.1 Å². The summed E-state index contributed by atoms with van der Waals surface area (Å²) in [5, 5.41) is 0.975.